The highest BCUT2D eigenvalue weighted by atomic mass is 32.2. The first-order valence-electron chi connectivity index (χ1n) is 4.14. The molecule has 13 heavy (non-hydrogen) atoms. The maximum absolute atomic E-state index is 11.2. The van der Waals surface area contributed by atoms with E-state index in [1.165, 1.54) is 0 Å². The summed E-state index contributed by atoms with van der Waals surface area (Å²) in [7, 11) is -3.00. The average Bonchev–Trinajstić information content (AvgIpc) is 2.40. The molecular formula is C9H12O3S. The summed E-state index contributed by atoms with van der Waals surface area (Å²) in [5, 5.41) is 0. The highest BCUT2D eigenvalue weighted by Gasteiger charge is 2.41. The van der Waals surface area contributed by atoms with Gasteiger partial charge in [-0.05, 0) is 12.8 Å². The fraction of sp³-hybridized carbons (Fsp3) is 0.667. The van der Waals surface area contributed by atoms with Crippen LogP contribution in [0, 0.1) is 17.8 Å². The fourth-order valence-corrected chi connectivity index (χ4v) is 3.71. The van der Waals surface area contributed by atoms with E-state index in [0.717, 1.165) is 6.29 Å². The highest BCUT2D eigenvalue weighted by Crippen LogP contribution is 2.34. The first kappa shape index (κ1) is 10.3. The van der Waals surface area contributed by atoms with Crippen LogP contribution in [0.1, 0.15) is 19.3 Å². The van der Waals surface area contributed by atoms with E-state index in [0.29, 0.717) is 19.3 Å². The number of hydrogen-bond acceptors (Lipinski definition) is 3. The van der Waals surface area contributed by atoms with E-state index in [1.54, 1.807) is 0 Å². The number of hydrogen-bond donors (Lipinski definition) is 0. The molecule has 0 aromatic rings. The topological polar surface area (TPSA) is 51.2 Å². The SMILES string of the molecule is C#CCCC1(C=O)CCS(=O)(=O)C1. The third kappa shape index (κ3) is 2.31. The van der Waals surface area contributed by atoms with Crippen molar-refractivity contribution in [1.29, 1.82) is 0 Å². The molecule has 0 amide bonds. The number of terminal acetylenes is 1. The van der Waals surface area contributed by atoms with Gasteiger partial charge >= 0.3 is 0 Å². The quantitative estimate of drug-likeness (QED) is 0.489. The Balaban J connectivity index is 2.75. The van der Waals surface area contributed by atoms with Gasteiger partial charge in [0.05, 0.1) is 11.5 Å². The van der Waals surface area contributed by atoms with Gasteiger partial charge in [-0.15, -0.1) is 12.3 Å². The summed E-state index contributed by atoms with van der Waals surface area (Å²) in [6.45, 7) is 0. The zero-order chi connectivity index (χ0) is 9.95. The van der Waals surface area contributed by atoms with E-state index in [9.17, 15) is 13.2 Å². The minimum Gasteiger partial charge on any atom is -0.303 e. The van der Waals surface area contributed by atoms with E-state index >= 15 is 0 Å². The monoisotopic (exact) mass is 200 g/mol. The lowest BCUT2D eigenvalue weighted by molar-refractivity contribution is -0.115. The highest BCUT2D eigenvalue weighted by molar-refractivity contribution is 7.91. The molecule has 0 spiro atoms. The lowest BCUT2D eigenvalue weighted by atomic mass is 9.85. The summed E-state index contributed by atoms with van der Waals surface area (Å²) in [6.07, 6.45) is 7.22. The summed E-state index contributed by atoms with van der Waals surface area (Å²) in [4.78, 5) is 10.8. The first-order chi connectivity index (χ1) is 6.04. The predicted octanol–water partition coefficient (Wildman–Crippen LogP) is 0.404. The van der Waals surface area contributed by atoms with Crippen LogP contribution < -0.4 is 0 Å². The van der Waals surface area contributed by atoms with Crippen LogP contribution in [-0.2, 0) is 14.6 Å². The molecule has 1 saturated heterocycles. The van der Waals surface area contributed by atoms with Crippen LogP contribution in [0.2, 0.25) is 0 Å². The van der Waals surface area contributed by atoms with Crippen LogP contribution in [0.4, 0.5) is 0 Å². The average molecular weight is 200 g/mol. The lowest BCUT2D eigenvalue weighted by Crippen LogP contribution is -2.23. The van der Waals surface area contributed by atoms with Crippen LogP contribution in [0.3, 0.4) is 0 Å². The van der Waals surface area contributed by atoms with Crippen LogP contribution in [0.5, 0.6) is 0 Å². The van der Waals surface area contributed by atoms with Crippen molar-refractivity contribution in [3.05, 3.63) is 0 Å². The van der Waals surface area contributed by atoms with Crippen molar-refractivity contribution in [2.75, 3.05) is 11.5 Å². The van der Waals surface area contributed by atoms with Crippen molar-refractivity contribution in [2.45, 2.75) is 19.3 Å². The Hall–Kier alpha value is -0.820. The molecule has 1 fully saturated rings. The second kappa shape index (κ2) is 3.51. The van der Waals surface area contributed by atoms with Gasteiger partial charge in [-0.25, -0.2) is 8.42 Å². The summed E-state index contributed by atoms with van der Waals surface area (Å²) < 4.78 is 22.3. The molecule has 1 aliphatic rings. The Morgan fingerprint density at radius 1 is 1.54 bits per heavy atom. The number of carbonyl (C=O) groups is 1. The number of rotatable bonds is 3. The summed E-state index contributed by atoms with van der Waals surface area (Å²) in [5.41, 5.74) is -0.689. The molecule has 1 unspecified atom stereocenters. The molecule has 4 heteroatoms. The minimum absolute atomic E-state index is 0.0226. The van der Waals surface area contributed by atoms with E-state index in [4.69, 9.17) is 6.42 Å². The van der Waals surface area contributed by atoms with Gasteiger partial charge in [0.2, 0.25) is 0 Å². The second-order valence-electron chi connectivity index (χ2n) is 3.53. The molecule has 1 rings (SSSR count). The van der Waals surface area contributed by atoms with E-state index < -0.39 is 15.3 Å². The molecule has 0 aliphatic carbocycles. The Morgan fingerprint density at radius 3 is 2.62 bits per heavy atom. The third-order valence-corrected chi connectivity index (χ3v) is 4.28. The van der Waals surface area contributed by atoms with Gasteiger partial charge in [-0.1, -0.05) is 0 Å². The molecule has 0 radical (unpaired) electrons. The molecule has 1 heterocycles. The fourth-order valence-electron chi connectivity index (χ4n) is 1.61. The zero-order valence-electron chi connectivity index (χ0n) is 7.32. The molecule has 0 N–H and O–H groups in total. The van der Waals surface area contributed by atoms with E-state index in [2.05, 4.69) is 5.92 Å². The molecule has 0 aromatic heterocycles. The van der Waals surface area contributed by atoms with E-state index in [-0.39, 0.29) is 11.5 Å². The van der Waals surface area contributed by atoms with Crippen LogP contribution in [-0.4, -0.2) is 26.2 Å². The molecule has 1 atom stereocenters. The Labute approximate surface area is 78.4 Å². The molecule has 72 valence electrons. The van der Waals surface area contributed by atoms with E-state index in [1.807, 2.05) is 0 Å². The van der Waals surface area contributed by atoms with Gasteiger partial charge in [0.15, 0.2) is 9.84 Å². The minimum atomic E-state index is -3.00. The van der Waals surface area contributed by atoms with Crippen molar-refractivity contribution in [3.8, 4) is 12.3 Å². The number of sulfone groups is 1. The molecule has 0 bridgehead atoms. The van der Waals surface area contributed by atoms with Crippen molar-refractivity contribution in [1.82, 2.24) is 0 Å². The third-order valence-electron chi connectivity index (χ3n) is 2.44. The van der Waals surface area contributed by atoms with Gasteiger partial charge in [0.25, 0.3) is 0 Å². The summed E-state index contributed by atoms with van der Waals surface area (Å²) in [6, 6.07) is 0. The normalized spacial score (nSPS) is 31.0. The smallest absolute Gasteiger partial charge is 0.151 e. The predicted molar refractivity (Wildman–Crippen MR) is 49.8 cm³/mol. The Morgan fingerprint density at radius 2 is 2.23 bits per heavy atom. The van der Waals surface area contributed by atoms with Crippen molar-refractivity contribution < 1.29 is 13.2 Å². The number of aldehydes is 1. The van der Waals surface area contributed by atoms with Crippen molar-refractivity contribution >= 4 is 16.1 Å². The van der Waals surface area contributed by atoms with Gasteiger partial charge in [0, 0.05) is 11.8 Å². The standard InChI is InChI=1S/C9H12O3S/c1-2-3-4-9(7-10)5-6-13(11,12)8-9/h1,7H,3-6,8H2. The first-order valence-corrected chi connectivity index (χ1v) is 5.96. The molecular weight excluding hydrogens is 188 g/mol. The van der Waals surface area contributed by atoms with Gasteiger partial charge in [-0.2, -0.15) is 0 Å². The summed E-state index contributed by atoms with van der Waals surface area (Å²) in [5.74, 6) is 2.53. The van der Waals surface area contributed by atoms with Crippen LogP contribution in [0.25, 0.3) is 0 Å². The zero-order valence-corrected chi connectivity index (χ0v) is 8.14. The molecule has 0 saturated carbocycles. The van der Waals surface area contributed by atoms with Gasteiger partial charge < -0.3 is 4.79 Å². The van der Waals surface area contributed by atoms with Gasteiger partial charge in [0.1, 0.15) is 6.29 Å². The lowest BCUT2D eigenvalue weighted by Gasteiger charge is -2.17. The van der Waals surface area contributed by atoms with Crippen molar-refractivity contribution in [3.63, 3.8) is 0 Å². The van der Waals surface area contributed by atoms with Crippen LogP contribution >= 0.6 is 0 Å². The van der Waals surface area contributed by atoms with Gasteiger partial charge in [-0.3, -0.25) is 0 Å². The summed E-state index contributed by atoms with van der Waals surface area (Å²) >= 11 is 0. The molecule has 0 aromatic carbocycles. The molecule has 1 aliphatic heterocycles. The van der Waals surface area contributed by atoms with Crippen molar-refractivity contribution in [2.24, 2.45) is 5.41 Å². The maximum Gasteiger partial charge on any atom is 0.151 e. The Kier molecular flexibility index (Phi) is 2.77. The molecule has 3 nitrogen and oxygen atoms in total. The van der Waals surface area contributed by atoms with Crippen LogP contribution in [0.15, 0.2) is 0 Å². The largest absolute Gasteiger partial charge is 0.303 e. The maximum atomic E-state index is 11.2. The number of carbonyl (C=O) groups excluding carboxylic acids is 1. The Bertz CT molecular complexity index is 336. The second-order valence-corrected chi connectivity index (χ2v) is 5.71.